The molecule has 0 bridgehead atoms. The predicted molar refractivity (Wildman–Crippen MR) is 109 cm³/mol. The number of hydrogen-bond acceptors (Lipinski definition) is 5. The van der Waals surface area contributed by atoms with Crippen molar-refractivity contribution in [1.82, 2.24) is 14.8 Å². The number of amides is 1. The van der Waals surface area contributed by atoms with Gasteiger partial charge in [-0.25, -0.2) is 9.67 Å². The van der Waals surface area contributed by atoms with Gasteiger partial charge in [0.25, 0.3) is 5.91 Å². The van der Waals surface area contributed by atoms with Gasteiger partial charge in [0.2, 0.25) is 12.1 Å². The summed E-state index contributed by atoms with van der Waals surface area (Å²) in [6.07, 6.45) is 1.30. The van der Waals surface area contributed by atoms with Gasteiger partial charge in [-0.3, -0.25) is 10.1 Å². The van der Waals surface area contributed by atoms with Gasteiger partial charge in [0.15, 0.2) is 0 Å². The third-order valence-electron chi connectivity index (χ3n) is 4.48. The van der Waals surface area contributed by atoms with Gasteiger partial charge in [-0.15, -0.1) is 5.10 Å². The molecule has 3 aromatic rings. The number of nitrogens with zero attached hydrogens (tertiary/aromatic N) is 4. The Hall–Kier alpha value is -3.00. The van der Waals surface area contributed by atoms with Gasteiger partial charge in [0, 0.05) is 16.5 Å². The highest BCUT2D eigenvalue weighted by molar-refractivity contribution is 9.10. The summed E-state index contributed by atoms with van der Waals surface area (Å²) in [6, 6.07) is 15.8. The summed E-state index contributed by atoms with van der Waals surface area (Å²) in [5.74, 6) is -0.0690. The molecule has 8 heteroatoms. The molecule has 1 unspecified atom stereocenters. The first kappa shape index (κ1) is 18.4. The number of anilines is 1. The predicted octanol–water partition coefficient (Wildman–Crippen LogP) is 3.53. The van der Waals surface area contributed by atoms with E-state index in [1.807, 2.05) is 42.5 Å². The van der Waals surface area contributed by atoms with E-state index in [-0.39, 0.29) is 11.9 Å². The quantitative estimate of drug-likeness (QED) is 0.658. The number of nitrogens with one attached hydrogen (secondary N) is 1. The number of hydrogen-bond donors (Lipinski definition) is 1. The van der Waals surface area contributed by atoms with Crippen molar-refractivity contribution in [3.05, 3.63) is 76.0 Å². The first-order chi connectivity index (χ1) is 13.6. The molecular weight excluding hydrogens is 422 g/mol. The lowest BCUT2D eigenvalue weighted by Crippen LogP contribution is -2.28. The van der Waals surface area contributed by atoms with E-state index in [2.05, 4.69) is 49.5 Å². The number of aryl methyl sites for hydroxylation is 1. The number of rotatable bonds is 5. The Morgan fingerprint density at radius 2 is 2.14 bits per heavy atom. The van der Waals surface area contributed by atoms with E-state index in [1.54, 1.807) is 11.0 Å². The molecule has 0 spiro atoms. The molecule has 142 valence electrons. The molecule has 28 heavy (non-hydrogen) atoms. The standard InChI is InChI=1S/C20H18BrN5O2/c1-13-5-2-3-6-15(13)11-26-12-22-20(24-26)23-19(27)18-10-17(25-28-18)14-7-4-8-16(21)9-14/h2-9,12,18H,10-11H2,1H3,(H,23,24,27). The smallest absolute Gasteiger partial charge is 0.271 e. The van der Waals surface area contributed by atoms with Crippen LogP contribution in [0.25, 0.3) is 0 Å². The van der Waals surface area contributed by atoms with Crippen molar-refractivity contribution >= 4 is 33.5 Å². The summed E-state index contributed by atoms with van der Waals surface area (Å²) in [4.78, 5) is 21.9. The molecule has 0 fully saturated rings. The largest absolute Gasteiger partial charge is 0.382 e. The van der Waals surface area contributed by atoms with E-state index < -0.39 is 6.10 Å². The Labute approximate surface area is 170 Å². The van der Waals surface area contributed by atoms with Crippen molar-refractivity contribution in [3.8, 4) is 0 Å². The highest BCUT2D eigenvalue weighted by atomic mass is 79.9. The Bertz CT molecular complexity index is 1050. The molecule has 4 rings (SSSR count). The number of carbonyl (C=O) groups excluding carboxylic acids is 1. The zero-order valence-electron chi connectivity index (χ0n) is 15.2. The molecule has 1 aliphatic rings. The van der Waals surface area contributed by atoms with Crippen LogP contribution in [0, 0.1) is 6.92 Å². The van der Waals surface area contributed by atoms with Crippen molar-refractivity contribution in [3.63, 3.8) is 0 Å². The fourth-order valence-corrected chi connectivity index (χ4v) is 3.34. The van der Waals surface area contributed by atoms with Crippen LogP contribution in [0.4, 0.5) is 5.95 Å². The highest BCUT2D eigenvalue weighted by Gasteiger charge is 2.29. The molecule has 1 amide bonds. The summed E-state index contributed by atoms with van der Waals surface area (Å²) in [7, 11) is 0. The summed E-state index contributed by atoms with van der Waals surface area (Å²) in [6.45, 7) is 2.64. The average molecular weight is 440 g/mol. The van der Waals surface area contributed by atoms with Crippen LogP contribution in [0.15, 0.2) is 64.5 Å². The first-order valence-electron chi connectivity index (χ1n) is 8.82. The molecule has 0 radical (unpaired) electrons. The van der Waals surface area contributed by atoms with Gasteiger partial charge < -0.3 is 4.84 Å². The van der Waals surface area contributed by atoms with Crippen LogP contribution < -0.4 is 5.32 Å². The zero-order chi connectivity index (χ0) is 19.5. The van der Waals surface area contributed by atoms with Gasteiger partial charge in [-0.2, -0.15) is 0 Å². The lowest BCUT2D eigenvalue weighted by atomic mass is 10.0. The van der Waals surface area contributed by atoms with Crippen LogP contribution in [-0.4, -0.2) is 32.5 Å². The maximum atomic E-state index is 12.5. The van der Waals surface area contributed by atoms with Crippen molar-refractivity contribution in [2.24, 2.45) is 5.16 Å². The second-order valence-corrected chi connectivity index (χ2v) is 7.44. The zero-order valence-corrected chi connectivity index (χ0v) is 16.8. The van der Waals surface area contributed by atoms with Crippen LogP contribution in [0.1, 0.15) is 23.1 Å². The molecule has 0 saturated heterocycles. The summed E-state index contributed by atoms with van der Waals surface area (Å²) < 4.78 is 2.64. The third kappa shape index (κ3) is 4.12. The van der Waals surface area contributed by atoms with E-state index in [0.29, 0.717) is 13.0 Å². The fraction of sp³-hybridized carbons (Fsp3) is 0.200. The minimum Gasteiger partial charge on any atom is -0.382 e. The minimum absolute atomic E-state index is 0.248. The topological polar surface area (TPSA) is 81.4 Å². The first-order valence-corrected chi connectivity index (χ1v) is 9.61. The normalized spacial score (nSPS) is 15.8. The summed E-state index contributed by atoms with van der Waals surface area (Å²) in [5.41, 5.74) is 3.99. The summed E-state index contributed by atoms with van der Waals surface area (Å²) >= 11 is 3.43. The van der Waals surface area contributed by atoms with Gasteiger partial charge in [0.1, 0.15) is 6.33 Å². The van der Waals surface area contributed by atoms with Crippen molar-refractivity contribution in [1.29, 1.82) is 0 Å². The van der Waals surface area contributed by atoms with E-state index in [1.165, 1.54) is 5.56 Å². The molecule has 1 atom stereocenters. The number of halogens is 1. The molecule has 0 saturated carbocycles. The number of aromatic nitrogens is 3. The minimum atomic E-state index is -0.697. The SMILES string of the molecule is Cc1ccccc1Cn1cnc(NC(=O)C2CC(c3cccc(Br)c3)=NO2)n1. The van der Waals surface area contributed by atoms with E-state index >= 15 is 0 Å². The number of oxime groups is 1. The molecule has 1 aliphatic heterocycles. The van der Waals surface area contributed by atoms with Crippen molar-refractivity contribution < 1.29 is 9.63 Å². The molecule has 2 aromatic carbocycles. The Kier molecular flexibility index (Phi) is 5.21. The lowest BCUT2D eigenvalue weighted by molar-refractivity contribution is -0.125. The maximum Gasteiger partial charge on any atom is 0.271 e. The number of carbonyl (C=O) groups is 1. The summed E-state index contributed by atoms with van der Waals surface area (Å²) in [5, 5.41) is 11.1. The average Bonchev–Trinajstić information content (AvgIpc) is 3.33. The Balaban J connectivity index is 1.36. The second-order valence-electron chi connectivity index (χ2n) is 6.53. The second kappa shape index (κ2) is 7.93. The monoisotopic (exact) mass is 439 g/mol. The molecule has 0 aliphatic carbocycles. The van der Waals surface area contributed by atoms with Crippen molar-refractivity contribution in [2.45, 2.75) is 26.0 Å². The maximum absolute atomic E-state index is 12.5. The van der Waals surface area contributed by atoms with Crippen molar-refractivity contribution in [2.75, 3.05) is 5.32 Å². The molecule has 1 aromatic heterocycles. The van der Waals surface area contributed by atoms with Crippen LogP contribution in [0.3, 0.4) is 0 Å². The van der Waals surface area contributed by atoms with Crippen LogP contribution in [-0.2, 0) is 16.2 Å². The van der Waals surface area contributed by atoms with Crippen LogP contribution >= 0.6 is 15.9 Å². The molecule has 2 heterocycles. The fourth-order valence-electron chi connectivity index (χ4n) is 2.94. The molecule has 1 N–H and O–H groups in total. The lowest BCUT2D eigenvalue weighted by Gasteiger charge is -2.07. The molecular formula is C20H18BrN5O2. The Morgan fingerprint density at radius 3 is 2.96 bits per heavy atom. The highest BCUT2D eigenvalue weighted by Crippen LogP contribution is 2.20. The number of benzene rings is 2. The Morgan fingerprint density at radius 1 is 1.29 bits per heavy atom. The third-order valence-corrected chi connectivity index (χ3v) is 4.98. The van der Waals surface area contributed by atoms with E-state index in [9.17, 15) is 4.79 Å². The van der Waals surface area contributed by atoms with E-state index in [0.717, 1.165) is 21.3 Å². The van der Waals surface area contributed by atoms with Gasteiger partial charge in [-0.1, -0.05) is 57.5 Å². The van der Waals surface area contributed by atoms with Gasteiger partial charge in [0.05, 0.1) is 12.3 Å². The molecule has 7 nitrogen and oxygen atoms in total. The van der Waals surface area contributed by atoms with Crippen LogP contribution in [0.2, 0.25) is 0 Å². The van der Waals surface area contributed by atoms with Gasteiger partial charge in [-0.05, 0) is 30.2 Å². The van der Waals surface area contributed by atoms with E-state index in [4.69, 9.17) is 4.84 Å². The van der Waals surface area contributed by atoms with Gasteiger partial charge >= 0.3 is 0 Å². The van der Waals surface area contributed by atoms with Crippen LogP contribution in [0.5, 0.6) is 0 Å².